The third-order valence-corrected chi connectivity index (χ3v) is 11.6. The van der Waals surface area contributed by atoms with Crippen LogP contribution >= 0.6 is 0 Å². The summed E-state index contributed by atoms with van der Waals surface area (Å²) in [6.07, 6.45) is 3.42. The number of para-hydroxylation sites is 1. The molecule has 0 fully saturated rings. The molecule has 13 heteroatoms. The van der Waals surface area contributed by atoms with Crippen molar-refractivity contribution in [1.82, 2.24) is 34.6 Å². The maximum Gasteiger partial charge on any atom is 0.254 e. The lowest BCUT2D eigenvalue weighted by atomic mass is 9.74. The minimum atomic E-state index is -3.86. The summed E-state index contributed by atoms with van der Waals surface area (Å²) in [5.41, 5.74) is 5.88. The molecule has 2 aromatic heterocycles. The second-order valence-electron chi connectivity index (χ2n) is 13.9. The summed E-state index contributed by atoms with van der Waals surface area (Å²) in [5, 5.41) is 12.2. The minimum Gasteiger partial charge on any atom is -0.488 e. The maximum atomic E-state index is 14.1. The van der Waals surface area contributed by atoms with Crippen LogP contribution in [0, 0.1) is 13.8 Å². The predicted molar refractivity (Wildman–Crippen MR) is 198 cm³/mol. The quantitative estimate of drug-likeness (QED) is 0.196. The fourth-order valence-corrected chi connectivity index (χ4v) is 8.43. The molecule has 2 atom stereocenters. The number of sulfonamides is 1. The van der Waals surface area contributed by atoms with E-state index in [0.717, 1.165) is 38.9 Å². The van der Waals surface area contributed by atoms with Crippen LogP contribution in [0.15, 0.2) is 71.9 Å². The lowest BCUT2D eigenvalue weighted by Gasteiger charge is -2.37. The van der Waals surface area contributed by atoms with Crippen LogP contribution in [-0.2, 0) is 23.1 Å². The fraction of sp³-hybridized carbons (Fsp3) is 0.395. The highest BCUT2D eigenvalue weighted by Crippen LogP contribution is 2.40. The Hall–Kier alpha value is -4.88. The van der Waals surface area contributed by atoms with Crippen molar-refractivity contribution in [2.24, 2.45) is 0 Å². The summed E-state index contributed by atoms with van der Waals surface area (Å²) in [4.78, 5) is 24.4. The largest absolute Gasteiger partial charge is 0.488 e. The molecule has 0 bridgehead atoms. The number of hydrogen-bond donors (Lipinski definition) is 1. The molecule has 0 radical (unpaired) electrons. The van der Waals surface area contributed by atoms with Crippen molar-refractivity contribution in [2.45, 2.75) is 83.5 Å². The number of carbonyl (C=O) groups excluding carboxylic acids is 1. The summed E-state index contributed by atoms with van der Waals surface area (Å²) >= 11 is 0. The molecule has 1 aliphatic heterocycles. The summed E-state index contributed by atoms with van der Waals surface area (Å²) in [6, 6.07) is 17.1. The molecule has 12 nitrogen and oxygen atoms in total. The number of aromatic nitrogens is 5. The van der Waals surface area contributed by atoms with E-state index in [1.807, 2.05) is 72.5 Å². The van der Waals surface area contributed by atoms with Gasteiger partial charge in [0.25, 0.3) is 5.91 Å². The van der Waals surface area contributed by atoms with Gasteiger partial charge in [-0.3, -0.25) is 4.79 Å². The number of amides is 1. The second kappa shape index (κ2) is 14.0. The van der Waals surface area contributed by atoms with Crippen LogP contribution in [0.4, 0.5) is 5.95 Å². The average Bonchev–Trinajstić information content (AvgIpc) is 3.49. The van der Waals surface area contributed by atoms with Gasteiger partial charge in [-0.1, -0.05) is 48.5 Å². The SMILES string of the molecule is CC[C@@H]1CN(Cc2cc(C(c3ccc4c(nnn4CC)c3C)C(C)(C)NC(=O)c3cnc(N(C)C)nc3)ccc2C)S(=O)(=O)c2ccccc2O1. The number of fused-ring (bicyclic) bond motifs is 2. The van der Waals surface area contributed by atoms with E-state index in [1.165, 1.54) is 16.7 Å². The zero-order chi connectivity index (χ0) is 36.7. The maximum absolute atomic E-state index is 14.1. The van der Waals surface area contributed by atoms with Gasteiger partial charge in [0.2, 0.25) is 16.0 Å². The van der Waals surface area contributed by atoms with Gasteiger partial charge in [-0.15, -0.1) is 5.10 Å². The Labute approximate surface area is 299 Å². The van der Waals surface area contributed by atoms with E-state index < -0.39 is 15.6 Å². The normalized spacial score (nSPS) is 16.6. The minimum absolute atomic E-state index is 0.161. The molecule has 51 heavy (non-hydrogen) atoms. The number of ether oxygens (including phenoxy) is 1. The third-order valence-electron chi connectivity index (χ3n) is 9.73. The van der Waals surface area contributed by atoms with E-state index in [1.54, 1.807) is 29.2 Å². The number of nitrogens with zero attached hydrogens (tertiary/aromatic N) is 7. The Morgan fingerprint density at radius 3 is 2.47 bits per heavy atom. The first-order valence-corrected chi connectivity index (χ1v) is 18.7. The van der Waals surface area contributed by atoms with Crippen molar-refractivity contribution in [3.05, 3.63) is 100 Å². The van der Waals surface area contributed by atoms with Gasteiger partial charge >= 0.3 is 0 Å². The average molecular weight is 711 g/mol. The number of hydrogen-bond acceptors (Lipinski definition) is 9. The number of carbonyl (C=O) groups is 1. The molecule has 1 aliphatic rings. The molecular formula is C38H46N8O4S. The van der Waals surface area contributed by atoms with Crippen LogP contribution in [0.25, 0.3) is 11.0 Å². The molecule has 0 saturated heterocycles. The smallest absolute Gasteiger partial charge is 0.254 e. The molecule has 3 heterocycles. The number of benzene rings is 3. The highest BCUT2D eigenvalue weighted by Gasteiger charge is 2.38. The molecule has 1 N–H and O–H groups in total. The Balaban J connectivity index is 1.43. The summed E-state index contributed by atoms with van der Waals surface area (Å²) in [6.45, 7) is 13.1. The number of aryl methyl sites for hydroxylation is 3. The Kier molecular flexibility index (Phi) is 9.88. The standard InChI is InChI=1S/C38H46N8O4S/c1-9-29-23-45(51(48,49)33-14-12-11-13-32(33)50-29)22-27-19-26(16-15-24(27)3)34(30-17-18-31-35(25(30)4)42-43-46(31)10-2)38(5,6)41-36(47)28-20-39-37(40-21-28)44(7)8/h11-21,29,34H,9-10,22-23H2,1-8H3,(H,41,47)/t29-,34?/m1/s1. The Bertz CT molecular complexity index is 2180. The van der Waals surface area contributed by atoms with Crippen LogP contribution in [-0.4, -0.2) is 75.9 Å². The molecule has 0 spiro atoms. The first kappa shape index (κ1) is 35.9. The monoisotopic (exact) mass is 710 g/mol. The molecule has 268 valence electrons. The van der Waals surface area contributed by atoms with Crippen molar-refractivity contribution in [3.8, 4) is 5.75 Å². The van der Waals surface area contributed by atoms with Crippen LogP contribution in [0.2, 0.25) is 0 Å². The first-order chi connectivity index (χ1) is 24.2. The number of rotatable bonds is 10. The van der Waals surface area contributed by atoms with Gasteiger partial charge in [-0.2, -0.15) is 4.31 Å². The molecular weight excluding hydrogens is 665 g/mol. The van der Waals surface area contributed by atoms with E-state index in [4.69, 9.17) is 4.74 Å². The summed E-state index contributed by atoms with van der Waals surface area (Å²) in [7, 11) is -0.176. The van der Waals surface area contributed by atoms with Crippen molar-refractivity contribution >= 4 is 32.9 Å². The van der Waals surface area contributed by atoms with E-state index in [0.29, 0.717) is 30.2 Å². The van der Waals surface area contributed by atoms with Gasteiger partial charge in [0.1, 0.15) is 22.3 Å². The third kappa shape index (κ3) is 6.92. The van der Waals surface area contributed by atoms with Gasteiger partial charge in [0.05, 0.1) is 17.6 Å². The molecule has 5 aromatic rings. The topological polar surface area (TPSA) is 135 Å². The van der Waals surface area contributed by atoms with Crippen LogP contribution in [0.1, 0.15) is 78.2 Å². The summed E-state index contributed by atoms with van der Waals surface area (Å²) < 4.78 is 37.7. The van der Waals surface area contributed by atoms with Crippen molar-refractivity contribution in [3.63, 3.8) is 0 Å². The predicted octanol–water partition coefficient (Wildman–Crippen LogP) is 5.63. The molecule has 1 amide bonds. The molecule has 1 unspecified atom stereocenters. The summed E-state index contributed by atoms with van der Waals surface area (Å²) in [5.74, 6) is 0.208. The Morgan fingerprint density at radius 2 is 1.78 bits per heavy atom. The van der Waals surface area contributed by atoms with Crippen molar-refractivity contribution in [2.75, 3.05) is 25.5 Å². The van der Waals surface area contributed by atoms with Gasteiger partial charge in [-0.05, 0) is 87.1 Å². The van der Waals surface area contributed by atoms with E-state index in [-0.39, 0.29) is 35.9 Å². The zero-order valence-corrected chi connectivity index (χ0v) is 31.3. The highest BCUT2D eigenvalue weighted by molar-refractivity contribution is 7.89. The number of anilines is 1. The van der Waals surface area contributed by atoms with Gasteiger partial charge < -0.3 is 15.0 Å². The van der Waals surface area contributed by atoms with Crippen LogP contribution in [0.3, 0.4) is 0 Å². The van der Waals surface area contributed by atoms with E-state index >= 15 is 0 Å². The lowest BCUT2D eigenvalue weighted by molar-refractivity contribution is 0.0905. The molecule has 6 rings (SSSR count). The first-order valence-electron chi connectivity index (χ1n) is 17.2. The number of nitrogens with one attached hydrogen (secondary N) is 1. The second-order valence-corrected chi connectivity index (χ2v) is 15.8. The fourth-order valence-electron chi connectivity index (χ4n) is 6.86. The molecule has 0 aliphatic carbocycles. The van der Waals surface area contributed by atoms with Crippen molar-refractivity contribution < 1.29 is 17.9 Å². The van der Waals surface area contributed by atoms with Gasteiger partial charge in [0.15, 0.2) is 0 Å². The van der Waals surface area contributed by atoms with E-state index in [2.05, 4.69) is 43.8 Å². The molecule has 3 aromatic carbocycles. The van der Waals surface area contributed by atoms with E-state index in [9.17, 15) is 13.2 Å². The van der Waals surface area contributed by atoms with Gasteiger partial charge in [-0.25, -0.2) is 23.1 Å². The Morgan fingerprint density at radius 1 is 1.06 bits per heavy atom. The van der Waals surface area contributed by atoms with Gasteiger partial charge in [0, 0.05) is 51.0 Å². The van der Waals surface area contributed by atoms with Crippen molar-refractivity contribution in [1.29, 1.82) is 0 Å². The lowest BCUT2D eigenvalue weighted by Crippen LogP contribution is -2.48. The van der Waals surface area contributed by atoms with Crippen LogP contribution < -0.4 is 15.0 Å². The molecule has 0 saturated carbocycles. The van der Waals surface area contributed by atoms with Crippen LogP contribution in [0.5, 0.6) is 5.75 Å². The zero-order valence-electron chi connectivity index (χ0n) is 30.5. The highest BCUT2D eigenvalue weighted by atomic mass is 32.2.